The summed E-state index contributed by atoms with van der Waals surface area (Å²) in [5.41, 5.74) is 0.614. The Morgan fingerprint density at radius 1 is 1.23 bits per heavy atom. The number of nitrogens with one attached hydrogen (secondary N) is 2. The zero-order valence-electron chi connectivity index (χ0n) is 11.6. The first-order valence-corrected chi connectivity index (χ1v) is 7.38. The maximum Gasteiger partial charge on any atom is 0.321 e. The standard InChI is InChI=1S/C15H15BrN2O4/c16-10-3-5-11(6-4-10)18-14(19)8-13(15(20)21)17-9-12-2-1-7-22-12/h1-7,13,17H,8-9H2,(H,18,19)(H,20,21)/t13-/m1/s1. The smallest absolute Gasteiger partial charge is 0.321 e. The van der Waals surface area contributed by atoms with E-state index in [1.54, 1.807) is 36.4 Å². The van der Waals surface area contributed by atoms with Crippen LogP contribution in [0.15, 0.2) is 51.6 Å². The monoisotopic (exact) mass is 366 g/mol. The summed E-state index contributed by atoms with van der Waals surface area (Å²) < 4.78 is 6.01. The van der Waals surface area contributed by atoms with Crippen LogP contribution in [0.2, 0.25) is 0 Å². The van der Waals surface area contributed by atoms with Crippen molar-refractivity contribution in [2.75, 3.05) is 5.32 Å². The van der Waals surface area contributed by atoms with E-state index in [-0.39, 0.29) is 18.9 Å². The van der Waals surface area contributed by atoms with Crippen molar-refractivity contribution in [3.8, 4) is 0 Å². The molecule has 116 valence electrons. The lowest BCUT2D eigenvalue weighted by atomic mass is 10.2. The second-order valence-corrected chi connectivity index (χ2v) is 5.53. The molecule has 2 aromatic rings. The zero-order chi connectivity index (χ0) is 15.9. The van der Waals surface area contributed by atoms with Crippen LogP contribution in [-0.2, 0) is 16.1 Å². The highest BCUT2D eigenvalue weighted by Crippen LogP contribution is 2.14. The fraction of sp³-hybridized carbons (Fsp3) is 0.200. The number of aliphatic carboxylic acids is 1. The van der Waals surface area contributed by atoms with E-state index in [9.17, 15) is 14.7 Å². The lowest BCUT2D eigenvalue weighted by molar-refractivity contribution is -0.141. The first-order valence-electron chi connectivity index (χ1n) is 6.58. The molecule has 1 aromatic carbocycles. The summed E-state index contributed by atoms with van der Waals surface area (Å²) in [4.78, 5) is 23.1. The van der Waals surface area contributed by atoms with Crippen molar-refractivity contribution in [1.82, 2.24) is 5.32 Å². The molecule has 0 fully saturated rings. The molecule has 1 heterocycles. The van der Waals surface area contributed by atoms with Gasteiger partial charge in [-0.2, -0.15) is 0 Å². The Kier molecular flexibility index (Phi) is 5.74. The second kappa shape index (κ2) is 7.77. The fourth-order valence-corrected chi connectivity index (χ4v) is 2.08. The van der Waals surface area contributed by atoms with Crippen LogP contribution in [0.4, 0.5) is 5.69 Å². The van der Waals surface area contributed by atoms with E-state index in [1.165, 1.54) is 6.26 Å². The van der Waals surface area contributed by atoms with Crippen molar-refractivity contribution in [1.29, 1.82) is 0 Å². The Morgan fingerprint density at radius 2 is 1.95 bits per heavy atom. The molecule has 0 saturated carbocycles. The van der Waals surface area contributed by atoms with Crippen molar-refractivity contribution in [3.05, 3.63) is 52.9 Å². The van der Waals surface area contributed by atoms with Crippen LogP contribution in [0.1, 0.15) is 12.2 Å². The van der Waals surface area contributed by atoms with Crippen LogP contribution >= 0.6 is 15.9 Å². The molecule has 1 aromatic heterocycles. The number of carboxylic acid groups (broad SMARTS) is 1. The van der Waals surface area contributed by atoms with Crippen LogP contribution in [0.5, 0.6) is 0 Å². The lowest BCUT2D eigenvalue weighted by Gasteiger charge is -2.13. The summed E-state index contributed by atoms with van der Waals surface area (Å²) in [5, 5.41) is 14.6. The molecule has 2 rings (SSSR count). The summed E-state index contributed by atoms with van der Waals surface area (Å²) in [6, 6.07) is 9.50. The quantitative estimate of drug-likeness (QED) is 0.700. The first kappa shape index (κ1) is 16.3. The molecule has 1 atom stereocenters. The molecule has 6 nitrogen and oxygen atoms in total. The lowest BCUT2D eigenvalue weighted by Crippen LogP contribution is -2.39. The van der Waals surface area contributed by atoms with Crippen molar-refractivity contribution >= 4 is 33.5 Å². The number of hydrogen-bond acceptors (Lipinski definition) is 4. The highest BCUT2D eigenvalue weighted by atomic mass is 79.9. The number of benzene rings is 1. The third-order valence-electron chi connectivity index (χ3n) is 2.92. The van der Waals surface area contributed by atoms with E-state index in [0.717, 1.165) is 4.47 Å². The summed E-state index contributed by atoms with van der Waals surface area (Å²) in [5.74, 6) is -0.848. The minimum Gasteiger partial charge on any atom is -0.480 e. The molecule has 0 bridgehead atoms. The Morgan fingerprint density at radius 3 is 2.55 bits per heavy atom. The molecule has 3 N–H and O–H groups in total. The predicted molar refractivity (Wildman–Crippen MR) is 84.4 cm³/mol. The van der Waals surface area contributed by atoms with Crippen LogP contribution < -0.4 is 10.6 Å². The molecule has 0 aliphatic carbocycles. The molecule has 0 radical (unpaired) electrons. The Bertz CT molecular complexity index is 626. The number of halogens is 1. The van der Waals surface area contributed by atoms with Crippen molar-refractivity contribution in [3.63, 3.8) is 0 Å². The number of carbonyl (C=O) groups is 2. The van der Waals surface area contributed by atoms with Crippen molar-refractivity contribution in [2.24, 2.45) is 0 Å². The van der Waals surface area contributed by atoms with E-state index < -0.39 is 12.0 Å². The fourth-order valence-electron chi connectivity index (χ4n) is 1.81. The SMILES string of the molecule is O=C(C[C@@H](NCc1ccco1)C(=O)O)Nc1ccc(Br)cc1. The van der Waals surface area contributed by atoms with Gasteiger partial charge in [0.2, 0.25) is 5.91 Å². The predicted octanol–water partition coefficient (Wildman–Crippen LogP) is 2.61. The minimum absolute atomic E-state index is 0.174. The van der Waals surface area contributed by atoms with E-state index >= 15 is 0 Å². The molecule has 22 heavy (non-hydrogen) atoms. The number of rotatable bonds is 7. The van der Waals surface area contributed by atoms with E-state index in [1.807, 2.05) is 0 Å². The van der Waals surface area contributed by atoms with Gasteiger partial charge in [-0.1, -0.05) is 15.9 Å². The number of carbonyl (C=O) groups excluding carboxylic acids is 1. The summed E-state index contributed by atoms with van der Waals surface area (Å²) in [7, 11) is 0. The topological polar surface area (TPSA) is 91.6 Å². The highest BCUT2D eigenvalue weighted by molar-refractivity contribution is 9.10. The van der Waals surface area contributed by atoms with Gasteiger partial charge < -0.3 is 14.8 Å². The number of carboxylic acids is 1. The maximum atomic E-state index is 11.9. The Balaban J connectivity index is 1.88. The third-order valence-corrected chi connectivity index (χ3v) is 3.45. The van der Waals surface area contributed by atoms with Gasteiger partial charge in [0.1, 0.15) is 11.8 Å². The molecule has 0 spiro atoms. The average Bonchev–Trinajstić information content (AvgIpc) is 2.99. The third kappa shape index (κ3) is 5.01. The number of anilines is 1. The summed E-state index contributed by atoms with van der Waals surface area (Å²) in [6.07, 6.45) is 1.33. The maximum absolute atomic E-state index is 11.9. The molecule has 0 saturated heterocycles. The van der Waals surface area contributed by atoms with E-state index in [0.29, 0.717) is 11.4 Å². The van der Waals surface area contributed by atoms with Crippen molar-refractivity contribution in [2.45, 2.75) is 19.0 Å². The van der Waals surface area contributed by atoms with Crippen LogP contribution in [0.3, 0.4) is 0 Å². The van der Waals surface area contributed by atoms with Gasteiger partial charge in [0.15, 0.2) is 0 Å². The van der Waals surface area contributed by atoms with E-state index in [4.69, 9.17) is 4.42 Å². The molecule has 0 unspecified atom stereocenters. The Labute approximate surface area is 135 Å². The van der Waals surface area contributed by atoms with Crippen LogP contribution in [0, 0.1) is 0 Å². The van der Waals surface area contributed by atoms with Gasteiger partial charge in [-0.3, -0.25) is 14.9 Å². The van der Waals surface area contributed by atoms with Gasteiger partial charge >= 0.3 is 5.97 Å². The normalized spacial score (nSPS) is 11.9. The zero-order valence-corrected chi connectivity index (χ0v) is 13.2. The Hall–Kier alpha value is -2.12. The average molecular weight is 367 g/mol. The van der Waals surface area contributed by atoms with Crippen LogP contribution in [0.25, 0.3) is 0 Å². The molecular formula is C15H15BrN2O4. The van der Waals surface area contributed by atoms with Crippen molar-refractivity contribution < 1.29 is 19.1 Å². The molecule has 0 aliphatic heterocycles. The number of hydrogen-bond donors (Lipinski definition) is 3. The highest BCUT2D eigenvalue weighted by Gasteiger charge is 2.21. The number of amides is 1. The second-order valence-electron chi connectivity index (χ2n) is 4.61. The molecular weight excluding hydrogens is 352 g/mol. The molecule has 1 amide bonds. The molecule has 7 heteroatoms. The number of furan rings is 1. The minimum atomic E-state index is -1.09. The van der Waals surface area contributed by atoms with Gasteiger partial charge in [-0.15, -0.1) is 0 Å². The molecule has 0 aliphatic rings. The van der Waals surface area contributed by atoms with E-state index in [2.05, 4.69) is 26.6 Å². The first-order chi connectivity index (χ1) is 10.5. The van der Waals surface area contributed by atoms with Gasteiger partial charge in [-0.25, -0.2) is 0 Å². The van der Waals surface area contributed by atoms with Gasteiger partial charge in [-0.05, 0) is 36.4 Å². The summed E-state index contributed by atoms with van der Waals surface area (Å²) >= 11 is 3.30. The van der Waals surface area contributed by atoms with Gasteiger partial charge in [0.25, 0.3) is 0 Å². The van der Waals surface area contributed by atoms with Crippen LogP contribution in [-0.4, -0.2) is 23.0 Å². The van der Waals surface area contributed by atoms with Gasteiger partial charge in [0.05, 0.1) is 19.2 Å². The largest absolute Gasteiger partial charge is 0.480 e. The summed E-state index contributed by atoms with van der Waals surface area (Å²) in [6.45, 7) is 0.246. The van der Waals surface area contributed by atoms with Gasteiger partial charge in [0, 0.05) is 10.2 Å².